The molecule has 0 saturated heterocycles. The predicted octanol–water partition coefficient (Wildman–Crippen LogP) is 4.19. The monoisotopic (exact) mass is 361 g/mol. The van der Waals surface area contributed by atoms with Crippen LogP contribution in [0.3, 0.4) is 0 Å². The molecule has 27 heavy (non-hydrogen) atoms. The minimum atomic E-state index is -0.392. The van der Waals surface area contributed by atoms with Gasteiger partial charge in [0.05, 0.1) is 18.7 Å². The number of hydroxylamine groups is 2. The zero-order valence-electron chi connectivity index (χ0n) is 14.7. The van der Waals surface area contributed by atoms with E-state index in [-0.39, 0.29) is 6.79 Å². The molecule has 3 aromatic carbocycles. The van der Waals surface area contributed by atoms with Gasteiger partial charge in [0.2, 0.25) is 6.79 Å². The number of rotatable bonds is 6. The summed E-state index contributed by atoms with van der Waals surface area (Å²) in [6.07, 6.45) is 0. The van der Waals surface area contributed by atoms with Crippen LogP contribution in [-0.4, -0.2) is 17.8 Å². The van der Waals surface area contributed by atoms with Gasteiger partial charge in [0, 0.05) is 5.56 Å². The van der Waals surface area contributed by atoms with Crippen LogP contribution >= 0.6 is 0 Å². The van der Waals surface area contributed by atoms with E-state index in [0.29, 0.717) is 30.2 Å². The Kier molecular flexibility index (Phi) is 5.03. The zero-order chi connectivity index (χ0) is 18.5. The molecule has 0 spiro atoms. The molecule has 5 nitrogen and oxygen atoms in total. The SMILES string of the molecule is O=C(ON(Cc1ccccc1)Cc1cccc2c1OCO2)c1ccccc1. The first-order chi connectivity index (χ1) is 13.3. The van der Waals surface area contributed by atoms with Gasteiger partial charge in [-0.2, -0.15) is 0 Å². The van der Waals surface area contributed by atoms with Crippen molar-refractivity contribution < 1.29 is 19.1 Å². The van der Waals surface area contributed by atoms with Crippen molar-refractivity contribution in [3.05, 3.63) is 95.6 Å². The maximum atomic E-state index is 12.5. The first-order valence-electron chi connectivity index (χ1n) is 8.73. The Morgan fingerprint density at radius 3 is 2.37 bits per heavy atom. The molecule has 0 aliphatic carbocycles. The maximum absolute atomic E-state index is 12.5. The minimum absolute atomic E-state index is 0.203. The Hall–Kier alpha value is -3.31. The molecule has 1 aliphatic heterocycles. The molecule has 0 N–H and O–H groups in total. The van der Waals surface area contributed by atoms with Crippen LogP contribution < -0.4 is 9.47 Å². The first-order valence-corrected chi connectivity index (χ1v) is 8.73. The van der Waals surface area contributed by atoms with E-state index in [1.165, 1.54) is 0 Å². The number of carbonyl (C=O) groups excluding carboxylic acids is 1. The third kappa shape index (κ3) is 4.10. The summed E-state index contributed by atoms with van der Waals surface area (Å²) in [6, 6.07) is 24.6. The van der Waals surface area contributed by atoms with Crippen molar-refractivity contribution in [2.24, 2.45) is 0 Å². The molecule has 1 aliphatic rings. The summed E-state index contributed by atoms with van der Waals surface area (Å²) in [5, 5.41) is 1.64. The lowest BCUT2D eigenvalue weighted by Crippen LogP contribution is -2.27. The highest BCUT2D eigenvalue weighted by Crippen LogP contribution is 2.36. The van der Waals surface area contributed by atoms with E-state index in [1.54, 1.807) is 17.2 Å². The standard InChI is InChI=1S/C22H19NO4/c24-22(18-10-5-2-6-11-18)27-23(14-17-8-3-1-4-9-17)15-19-12-7-13-20-21(19)26-16-25-20/h1-13H,14-16H2. The van der Waals surface area contributed by atoms with Crippen LogP contribution in [0.5, 0.6) is 11.5 Å². The van der Waals surface area contributed by atoms with E-state index in [1.807, 2.05) is 66.7 Å². The number of carbonyl (C=O) groups is 1. The van der Waals surface area contributed by atoms with Gasteiger partial charge in [-0.05, 0) is 23.8 Å². The van der Waals surface area contributed by atoms with Gasteiger partial charge in [-0.3, -0.25) is 0 Å². The summed E-state index contributed by atoms with van der Waals surface area (Å²) in [5.41, 5.74) is 2.46. The van der Waals surface area contributed by atoms with E-state index in [4.69, 9.17) is 14.3 Å². The number of ether oxygens (including phenoxy) is 2. The lowest BCUT2D eigenvalue weighted by Gasteiger charge is -2.22. The highest BCUT2D eigenvalue weighted by Gasteiger charge is 2.21. The molecular weight excluding hydrogens is 342 g/mol. The molecule has 3 aromatic rings. The molecule has 1 heterocycles. The smallest absolute Gasteiger partial charge is 0.357 e. The normalized spacial score (nSPS) is 12.2. The molecule has 0 fully saturated rings. The molecule has 0 bridgehead atoms. The van der Waals surface area contributed by atoms with Crippen LogP contribution in [0.1, 0.15) is 21.5 Å². The van der Waals surface area contributed by atoms with Crippen LogP contribution in [0.2, 0.25) is 0 Å². The molecule has 0 unspecified atom stereocenters. The fourth-order valence-corrected chi connectivity index (χ4v) is 2.96. The highest BCUT2D eigenvalue weighted by atomic mass is 16.7. The number of nitrogens with zero attached hydrogens (tertiary/aromatic N) is 1. The van der Waals surface area contributed by atoms with Gasteiger partial charge < -0.3 is 14.3 Å². The summed E-state index contributed by atoms with van der Waals surface area (Å²) in [4.78, 5) is 18.3. The van der Waals surface area contributed by atoms with E-state index in [0.717, 1.165) is 11.1 Å². The lowest BCUT2D eigenvalue weighted by molar-refractivity contribution is -0.124. The molecule has 136 valence electrons. The Balaban J connectivity index is 1.56. The van der Waals surface area contributed by atoms with Gasteiger partial charge in [0.1, 0.15) is 0 Å². The van der Waals surface area contributed by atoms with Crippen LogP contribution in [0.25, 0.3) is 0 Å². The van der Waals surface area contributed by atoms with Crippen molar-refractivity contribution in [3.63, 3.8) is 0 Å². The third-order valence-electron chi connectivity index (χ3n) is 4.25. The molecule has 0 radical (unpaired) electrons. The van der Waals surface area contributed by atoms with Crippen molar-refractivity contribution in [2.75, 3.05) is 6.79 Å². The quantitative estimate of drug-likeness (QED) is 0.616. The second-order valence-electron chi connectivity index (χ2n) is 6.18. The van der Waals surface area contributed by atoms with Crippen LogP contribution in [0, 0.1) is 0 Å². The van der Waals surface area contributed by atoms with Crippen LogP contribution in [-0.2, 0) is 17.9 Å². The number of benzene rings is 3. The zero-order valence-corrected chi connectivity index (χ0v) is 14.7. The minimum Gasteiger partial charge on any atom is -0.454 e. The van der Waals surface area contributed by atoms with Gasteiger partial charge in [-0.15, -0.1) is 5.06 Å². The van der Waals surface area contributed by atoms with Crippen LogP contribution in [0.15, 0.2) is 78.9 Å². The number of fused-ring (bicyclic) bond motifs is 1. The van der Waals surface area contributed by atoms with Gasteiger partial charge >= 0.3 is 5.97 Å². The summed E-state index contributed by atoms with van der Waals surface area (Å²) in [7, 11) is 0. The molecular formula is C22H19NO4. The number of hydrogen-bond acceptors (Lipinski definition) is 5. The fourth-order valence-electron chi connectivity index (χ4n) is 2.96. The molecule has 4 rings (SSSR count). The van der Waals surface area contributed by atoms with Gasteiger partial charge in [0.15, 0.2) is 11.5 Å². The van der Waals surface area contributed by atoms with Gasteiger partial charge in [-0.25, -0.2) is 4.79 Å². The largest absolute Gasteiger partial charge is 0.454 e. The second-order valence-corrected chi connectivity index (χ2v) is 6.18. The van der Waals surface area contributed by atoms with E-state index < -0.39 is 5.97 Å². The van der Waals surface area contributed by atoms with Crippen molar-refractivity contribution in [1.82, 2.24) is 5.06 Å². The number of hydrogen-bond donors (Lipinski definition) is 0. The average Bonchev–Trinajstić information content (AvgIpc) is 3.19. The Bertz CT molecular complexity index is 912. The van der Waals surface area contributed by atoms with E-state index in [2.05, 4.69) is 0 Å². The molecule has 0 aromatic heterocycles. The Labute approximate surface area is 157 Å². The second kappa shape index (κ2) is 7.93. The molecule has 0 amide bonds. The molecule has 5 heteroatoms. The van der Waals surface area contributed by atoms with Crippen LogP contribution in [0.4, 0.5) is 0 Å². The molecule has 0 atom stereocenters. The van der Waals surface area contributed by atoms with E-state index >= 15 is 0 Å². The topological polar surface area (TPSA) is 48.0 Å². The van der Waals surface area contributed by atoms with Crippen molar-refractivity contribution >= 4 is 5.97 Å². The van der Waals surface area contributed by atoms with Gasteiger partial charge in [0.25, 0.3) is 0 Å². The van der Waals surface area contributed by atoms with Gasteiger partial charge in [-0.1, -0.05) is 60.7 Å². The van der Waals surface area contributed by atoms with Crippen molar-refractivity contribution in [1.29, 1.82) is 0 Å². The van der Waals surface area contributed by atoms with Crippen molar-refractivity contribution in [2.45, 2.75) is 13.1 Å². The maximum Gasteiger partial charge on any atom is 0.357 e. The summed E-state index contributed by atoms with van der Waals surface area (Å²) >= 11 is 0. The number of para-hydroxylation sites is 1. The fraction of sp³-hybridized carbons (Fsp3) is 0.136. The Morgan fingerprint density at radius 2 is 1.59 bits per heavy atom. The first kappa shape index (κ1) is 17.1. The lowest BCUT2D eigenvalue weighted by atomic mass is 10.1. The predicted molar refractivity (Wildman–Crippen MR) is 100 cm³/mol. The summed E-state index contributed by atoms with van der Waals surface area (Å²) in [5.74, 6) is 1.02. The average molecular weight is 361 g/mol. The Morgan fingerprint density at radius 1 is 0.852 bits per heavy atom. The highest BCUT2D eigenvalue weighted by molar-refractivity contribution is 5.89. The summed E-state index contributed by atoms with van der Waals surface area (Å²) in [6.45, 7) is 1.05. The van der Waals surface area contributed by atoms with Crippen molar-refractivity contribution in [3.8, 4) is 11.5 Å². The van der Waals surface area contributed by atoms with E-state index in [9.17, 15) is 4.79 Å². The third-order valence-corrected chi connectivity index (χ3v) is 4.25. The molecule has 0 saturated carbocycles. The summed E-state index contributed by atoms with van der Waals surface area (Å²) < 4.78 is 11.0.